The lowest BCUT2D eigenvalue weighted by atomic mass is 10.0. The number of aliphatic hydroxyl groups is 1. The van der Waals surface area contributed by atoms with Crippen molar-refractivity contribution in [2.45, 2.75) is 50.0 Å². The van der Waals surface area contributed by atoms with Crippen LogP contribution in [0.3, 0.4) is 0 Å². The second-order valence-electron chi connectivity index (χ2n) is 8.59. The number of ether oxygens (including phenoxy) is 1. The summed E-state index contributed by atoms with van der Waals surface area (Å²) in [5.74, 6) is 0.248. The van der Waals surface area contributed by atoms with Gasteiger partial charge in [0.2, 0.25) is 0 Å². The first-order valence-electron chi connectivity index (χ1n) is 10.3. The van der Waals surface area contributed by atoms with E-state index in [1.54, 1.807) is 0 Å². The van der Waals surface area contributed by atoms with Gasteiger partial charge in [-0.25, -0.2) is 5.43 Å². The van der Waals surface area contributed by atoms with Gasteiger partial charge in [0.25, 0.3) is 5.91 Å². The molecular formula is C20H24BrN5O3. The Morgan fingerprint density at radius 2 is 2.17 bits per heavy atom. The van der Waals surface area contributed by atoms with E-state index in [9.17, 15) is 9.90 Å². The molecule has 2 bridgehead atoms. The number of nitrogens with zero attached hydrogens (tertiary/aromatic N) is 2. The fourth-order valence-electron chi connectivity index (χ4n) is 4.89. The number of hydrazine groups is 1. The Morgan fingerprint density at radius 1 is 1.31 bits per heavy atom. The Hall–Kier alpha value is -1.49. The normalized spacial score (nSPS) is 34.9. The molecule has 0 aromatic heterocycles. The summed E-state index contributed by atoms with van der Waals surface area (Å²) >= 11 is 3.52. The van der Waals surface area contributed by atoms with Crippen molar-refractivity contribution in [3.63, 3.8) is 0 Å². The van der Waals surface area contributed by atoms with Gasteiger partial charge in [0.15, 0.2) is 0 Å². The number of hydrogen-bond acceptors (Lipinski definition) is 7. The SMILES string of the molecule is O=C1NC(N2C[C@H]3C[C@@H]2CO3)NC2NN(c3ccc(Br)cc3C(O)C3CC3)C=C12. The number of carbonyl (C=O) groups excluding carboxylic acids is 1. The Balaban J connectivity index is 1.24. The van der Waals surface area contributed by atoms with Gasteiger partial charge in [0.05, 0.1) is 30.1 Å². The van der Waals surface area contributed by atoms with Crippen LogP contribution in [0.1, 0.15) is 30.9 Å². The molecule has 1 saturated carbocycles. The van der Waals surface area contributed by atoms with Crippen LogP contribution in [0.4, 0.5) is 5.69 Å². The number of hydrogen-bond donors (Lipinski definition) is 4. The van der Waals surface area contributed by atoms with Gasteiger partial charge in [0.1, 0.15) is 12.5 Å². The number of carbonyl (C=O) groups is 1. The largest absolute Gasteiger partial charge is 0.388 e. The van der Waals surface area contributed by atoms with Crippen molar-refractivity contribution in [1.82, 2.24) is 21.0 Å². The van der Waals surface area contributed by atoms with Gasteiger partial charge in [-0.05, 0) is 43.4 Å². The molecule has 8 nitrogen and oxygen atoms in total. The number of halogens is 1. The number of likely N-dealkylation sites (tertiary alicyclic amines) is 1. The summed E-state index contributed by atoms with van der Waals surface area (Å²) < 4.78 is 6.62. The van der Waals surface area contributed by atoms with Crippen LogP contribution in [-0.2, 0) is 9.53 Å². The Bertz CT molecular complexity index is 891. The number of amides is 1. The van der Waals surface area contributed by atoms with Crippen LogP contribution in [-0.4, -0.2) is 53.7 Å². The zero-order valence-electron chi connectivity index (χ0n) is 15.8. The Morgan fingerprint density at radius 3 is 2.90 bits per heavy atom. The maximum Gasteiger partial charge on any atom is 0.254 e. The summed E-state index contributed by atoms with van der Waals surface area (Å²) in [6.45, 7) is 1.56. The predicted molar refractivity (Wildman–Crippen MR) is 109 cm³/mol. The summed E-state index contributed by atoms with van der Waals surface area (Å²) in [5.41, 5.74) is 5.79. The number of nitrogens with one attached hydrogen (secondary N) is 3. The van der Waals surface area contributed by atoms with E-state index in [4.69, 9.17) is 4.74 Å². The number of anilines is 1. The van der Waals surface area contributed by atoms with Crippen LogP contribution < -0.4 is 21.1 Å². The third-order valence-electron chi connectivity index (χ3n) is 6.61. The molecule has 3 saturated heterocycles. The van der Waals surface area contributed by atoms with E-state index in [1.165, 1.54) is 0 Å². The van der Waals surface area contributed by atoms with Gasteiger partial charge < -0.3 is 15.2 Å². The molecule has 1 amide bonds. The summed E-state index contributed by atoms with van der Waals surface area (Å²) in [6.07, 6.45) is 4.26. The standard InChI is InChI=1S/C20H24BrN5O3/c21-11-3-4-16(14(5-11)17(27)10-1-2-10)26-8-15-18(24-26)22-20(23-19(15)28)25-7-13-6-12(25)9-29-13/h3-5,8,10,12-13,17-18,20,22,24,27H,1-2,6-7,9H2,(H,23,28)/t12-,13-,17?,18?,20?/m1/s1. The highest BCUT2D eigenvalue weighted by Gasteiger charge is 2.46. The quantitative estimate of drug-likeness (QED) is 0.529. The molecule has 6 rings (SSSR count). The lowest BCUT2D eigenvalue weighted by Gasteiger charge is -2.40. The van der Waals surface area contributed by atoms with Gasteiger partial charge in [-0.15, -0.1) is 0 Å². The van der Waals surface area contributed by atoms with Gasteiger partial charge in [-0.2, -0.15) is 0 Å². The number of aliphatic hydroxyl groups excluding tert-OH is 1. The highest BCUT2D eigenvalue weighted by molar-refractivity contribution is 9.10. The molecule has 4 aliphatic heterocycles. The van der Waals surface area contributed by atoms with E-state index >= 15 is 0 Å². The number of benzene rings is 1. The average Bonchev–Trinajstić information content (AvgIpc) is 3.13. The highest BCUT2D eigenvalue weighted by atomic mass is 79.9. The van der Waals surface area contributed by atoms with Crippen LogP contribution in [0.2, 0.25) is 0 Å². The third kappa shape index (κ3) is 3.11. The van der Waals surface area contributed by atoms with Crippen molar-refractivity contribution in [3.05, 3.63) is 40.0 Å². The first kappa shape index (κ1) is 18.3. The van der Waals surface area contributed by atoms with Crippen molar-refractivity contribution in [2.75, 3.05) is 18.2 Å². The summed E-state index contributed by atoms with van der Waals surface area (Å²) in [4.78, 5) is 15.1. The zero-order chi connectivity index (χ0) is 19.7. The molecule has 29 heavy (non-hydrogen) atoms. The van der Waals surface area contributed by atoms with Crippen molar-refractivity contribution in [2.24, 2.45) is 5.92 Å². The number of rotatable bonds is 4. The van der Waals surface area contributed by atoms with E-state index in [0.717, 1.165) is 48.1 Å². The molecule has 4 N–H and O–H groups in total. The molecular weight excluding hydrogens is 438 g/mol. The van der Waals surface area contributed by atoms with E-state index in [2.05, 4.69) is 36.9 Å². The van der Waals surface area contributed by atoms with Gasteiger partial charge in [-0.3, -0.25) is 20.0 Å². The van der Waals surface area contributed by atoms with Crippen LogP contribution in [0.15, 0.2) is 34.4 Å². The molecule has 5 atom stereocenters. The fraction of sp³-hybridized carbons (Fsp3) is 0.550. The fourth-order valence-corrected chi connectivity index (χ4v) is 5.27. The van der Waals surface area contributed by atoms with Crippen molar-refractivity contribution in [1.29, 1.82) is 0 Å². The first-order chi connectivity index (χ1) is 14.1. The number of morpholine rings is 1. The molecule has 9 heteroatoms. The molecule has 5 aliphatic rings. The van der Waals surface area contributed by atoms with Crippen LogP contribution in [0.5, 0.6) is 0 Å². The molecule has 1 aromatic rings. The van der Waals surface area contributed by atoms with E-state index in [0.29, 0.717) is 17.5 Å². The highest BCUT2D eigenvalue weighted by Crippen LogP contribution is 2.44. The molecule has 0 radical (unpaired) electrons. The molecule has 1 aliphatic carbocycles. The monoisotopic (exact) mass is 461 g/mol. The minimum Gasteiger partial charge on any atom is -0.388 e. The second kappa shape index (κ2) is 6.76. The molecule has 0 spiro atoms. The van der Waals surface area contributed by atoms with Crippen molar-refractivity contribution < 1.29 is 14.6 Å². The van der Waals surface area contributed by atoms with Crippen molar-refractivity contribution >= 4 is 27.5 Å². The zero-order valence-corrected chi connectivity index (χ0v) is 17.4. The Labute approximate surface area is 177 Å². The van der Waals surface area contributed by atoms with Gasteiger partial charge in [0, 0.05) is 28.8 Å². The van der Waals surface area contributed by atoms with Gasteiger partial charge in [-0.1, -0.05) is 15.9 Å². The van der Waals surface area contributed by atoms with E-state index in [-0.39, 0.29) is 24.5 Å². The van der Waals surface area contributed by atoms with Crippen LogP contribution in [0.25, 0.3) is 0 Å². The van der Waals surface area contributed by atoms with Crippen LogP contribution >= 0.6 is 15.9 Å². The summed E-state index contributed by atoms with van der Waals surface area (Å²) in [6, 6.07) is 6.25. The molecule has 1 aromatic carbocycles. The predicted octanol–water partition coefficient (Wildman–Crippen LogP) is 0.903. The molecule has 4 fully saturated rings. The molecule has 154 valence electrons. The second-order valence-corrected chi connectivity index (χ2v) is 9.50. The molecule has 4 heterocycles. The lowest BCUT2D eigenvalue weighted by Crippen LogP contribution is -2.68. The molecule has 3 unspecified atom stereocenters. The lowest BCUT2D eigenvalue weighted by molar-refractivity contribution is -0.123. The topological polar surface area (TPSA) is 89.1 Å². The smallest absolute Gasteiger partial charge is 0.254 e. The van der Waals surface area contributed by atoms with E-state index < -0.39 is 6.10 Å². The number of fused-ring (bicyclic) bond motifs is 3. The average molecular weight is 462 g/mol. The maximum atomic E-state index is 12.8. The van der Waals surface area contributed by atoms with Crippen LogP contribution in [0, 0.1) is 5.92 Å². The van der Waals surface area contributed by atoms with Gasteiger partial charge >= 0.3 is 0 Å². The third-order valence-corrected chi connectivity index (χ3v) is 7.11. The van der Waals surface area contributed by atoms with Crippen molar-refractivity contribution in [3.8, 4) is 0 Å². The minimum atomic E-state index is -0.500. The maximum absolute atomic E-state index is 12.8. The van der Waals surface area contributed by atoms with E-state index in [1.807, 2.05) is 29.4 Å². The summed E-state index contributed by atoms with van der Waals surface area (Å²) in [5, 5.41) is 19.2. The minimum absolute atomic E-state index is 0.0705. The summed E-state index contributed by atoms with van der Waals surface area (Å²) in [7, 11) is 0. The Kier molecular flexibility index (Phi) is 4.27. The first-order valence-corrected chi connectivity index (χ1v) is 11.0.